The third kappa shape index (κ3) is 3.16. The normalized spacial score (nSPS) is 12.9. The van der Waals surface area contributed by atoms with Crippen molar-refractivity contribution in [3.8, 4) is 5.75 Å². The van der Waals surface area contributed by atoms with Crippen LogP contribution in [0.5, 0.6) is 5.75 Å². The third-order valence-corrected chi connectivity index (χ3v) is 6.06. The van der Waals surface area contributed by atoms with Crippen LogP contribution in [-0.2, 0) is 16.0 Å². The Balaban J connectivity index is 1.84. The molecule has 0 amide bonds. The molecule has 1 heterocycles. The maximum Gasteiger partial charge on any atom is 0.328 e. The van der Waals surface area contributed by atoms with E-state index in [2.05, 4.69) is 12.1 Å². The van der Waals surface area contributed by atoms with Gasteiger partial charge in [-0.1, -0.05) is 43.8 Å². The third-order valence-electron chi connectivity index (χ3n) is 4.82. The molecule has 1 N–H and O–H groups in total. The number of carbonyl (C=O) groups excluding carboxylic acids is 1. The quantitative estimate of drug-likeness (QED) is 0.413. The van der Waals surface area contributed by atoms with Gasteiger partial charge in [0.05, 0.1) is 0 Å². The zero-order chi connectivity index (χ0) is 18.0. The molecule has 0 radical (unpaired) electrons. The summed E-state index contributed by atoms with van der Waals surface area (Å²) in [4.78, 5) is 26.4. The summed E-state index contributed by atoms with van der Waals surface area (Å²) in [6, 6.07) is 13.7. The molecule has 0 saturated carbocycles. The van der Waals surface area contributed by atoms with E-state index in [0.717, 1.165) is 16.9 Å². The van der Waals surface area contributed by atoms with Crippen molar-refractivity contribution in [2.24, 2.45) is 5.41 Å². The molecule has 0 spiro atoms. The molecule has 0 aliphatic carbocycles. The number of benzene rings is 2. The molecule has 0 bridgehead atoms. The number of fused-ring (bicyclic) bond motifs is 2. The number of ether oxygens (including phenoxy) is 1. The highest BCUT2D eigenvalue weighted by molar-refractivity contribution is 7.99. The van der Waals surface area contributed by atoms with E-state index in [9.17, 15) is 14.7 Å². The van der Waals surface area contributed by atoms with Crippen LogP contribution < -0.4 is 4.74 Å². The number of aliphatic carboxylic acids is 1. The Morgan fingerprint density at radius 2 is 1.76 bits per heavy atom. The maximum absolute atomic E-state index is 12.5. The van der Waals surface area contributed by atoms with Crippen molar-refractivity contribution in [2.75, 3.05) is 0 Å². The van der Waals surface area contributed by atoms with Crippen LogP contribution in [0.25, 0.3) is 0 Å². The van der Waals surface area contributed by atoms with Gasteiger partial charge in [0.15, 0.2) is 5.41 Å². The van der Waals surface area contributed by atoms with Crippen molar-refractivity contribution in [3.05, 3.63) is 53.6 Å². The van der Waals surface area contributed by atoms with Crippen molar-refractivity contribution >= 4 is 23.7 Å². The number of carbonyl (C=O) groups is 2. The van der Waals surface area contributed by atoms with Crippen LogP contribution in [-0.4, -0.2) is 17.0 Å². The van der Waals surface area contributed by atoms with Gasteiger partial charge in [-0.25, -0.2) is 0 Å². The molecule has 4 nitrogen and oxygen atoms in total. The molecule has 1 aliphatic rings. The Kier molecular flexibility index (Phi) is 4.86. The molecular weight excluding hydrogens is 336 g/mol. The van der Waals surface area contributed by atoms with E-state index in [1.807, 2.05) is 24.3 Å². The van der Waals surface area contributed by atoms with Crippen molar-refractivity contribution in [3.63, 3.8) is 0 Å². The molecule has 0 unspecified atom stereocenters. The molecule has 0 atom stereocenters. The van der Waals surface area contributed by atoms with Gasteiger partial charge in [0, 0.05) is 9.79 Å². The topological polar surface area (TPSA) is 63.6 Å². The summed E-state index contributed by atoms with van der Waals surface area (Å²) in [6.07, 6.45) is 1.17. The van der Waals surface area contributed by atoms with Gasteiger partial charge in [0.1, 0.15) is 5.75 Å². The number of rotatable bonds is 5. The van der Waals surface area contributed by atoms with E-state index in [4.69, 9.17) is 4.74 Å². The van der Waals surface area contributed by atoms with E-state index in [0.29, 0.717) is 5.75 Å². The van der Waals surface area contributed by atoms with Crippen molar-refractivity contribution in [1.29, 1.82) is 0 Å². The minimum absolute atomic E-state index is 0.200. The second-order valence-electron chi connectivity index (χ2n) is 6.14. The van der Waals surface area contributed by atoms with Crippen LogP contribution in [0.1, 0.15) is 37.8 Å². The second-order valence-corrected chi connectivity index (χ2v) is 7.22. The number of carboxylic acid groups (broad SMARTS) is 1. The van der Waals surface area contributed by atoms with Gasteiger partial charge in [0.25, 0.3) is 0 Å². The largest absolute Gasteiger partial charge is 0.480 e. The Morgan fingerprint density at radius 3 is 2.44 bits per heavy atom. The summed E-state index contributed by atoms with van der Waals surface area (Å²) < 4.78 is 5.45. The predicted molar refractivity (Wildman–Crippen MR) is 96.1 cm³/mol. The van der Waals surface area contributed by atoms with Gasteiger partial charge in [-0.05, 0) is 54.7 Å². The molecule has 1 aliphatic heterocycles. The summed E-state index contributed by atoms with van der Waals surface area (Å²) in [5.41, 5.74) is 0.838. The molecule has 130 valence electrons. The van der Waals surface area contributed by atoms with Crippen LogP contribution in [0.4, 0.5) is 0 Å². The van der Waals surface area contributed by atoms with Gasteiger partial charge < -0.3 is 9.84 Å². The molecule has 0 saturated heterocycles. The lowest BCUT2D eigenvalue weighted by Crippen LogP contribution is -2.41. The van der Waals surface area contributed by atoms with Crippen LogP contribution >= 0.6 is 11.8 Å². The molecular formula is C20H20O4S. The van der Waals surface area contributed by atoms with E-state index in [1.54, 1.807) is 31.7 Å². The molecule has 2 aromatic carbocycles. The first-order valence-corrected chi connectivity index (χ1v) is 9.16. The van der Waals surface area contributed by atoms with Crippen molar-refractivity contribution in [1.82, 2.24) is 0 Å². The van der Waals surface area contributed by atoms with Gasteiger partial charge in [-0.2, -0.15) is 0 Å². The Bertz CT molecular complexity index is 824. The highest BCUT2D eigenvalue weighted by Crippen LogP contribution is 2.41. The highest BCUT2D eigenvalue weighted by Gasteiger charge is 2.44. The van der Waals surface area contributed by atoms with Crippen molar-refractivity contribution < 1.29 is 19.4 Å². The highest BCUT2D eigenvalue weighted by atomic mass is 32.2. The lowest BCUT2D eigenvalue weighted by atomic mass is 9.82. The number of hydrogen-bond donors (Lipinski definition) is 1. The summed E-state index contributed by atoms with van der Waals surface area (Å²) >= 11 is 1.69. The van der Waals surface area contributed by atoms with Crippen LogP contribution in [0.15, 0.2) is 52.3 Å². The van der Waals surface area contributed by atoms with Crippen LogP contribution in [0.3, 0.4) is 0 Å². The SMILES string of the molecule is CCC(CC)(C(=O)O)C(=O)Oc1ccc2c(c1)Cc1ccccc1S2. The summed E-state index contributed by atoms with van der Waals surface area (Å²) in [6.45, 7) is 3.39. The van der Waals surface area contributed by atoms with Gasteiger partial charge in [-0.3, -0.25) is 9.59 Å². The van der Waals surface area contributed by atoms with Crippen LogP contribution in [0, 0.1) is 5.41 Å². The summed E-state index contributed by atoms with van der Waals surface area (Å²) in [5.74, 6) is -1.44. The first-order chi connectivity index (χ1) is 12.0. The fourth-order valence-corrected chi connectivity index (χ4v) is 4.12. The van der Waals surface area contributed by atoms with Crippen LogP contribution in [0.2, 0.25) is 0 Å². The van der Waals surface area contributed by atoms with E-state index in [1.165, 1.54) is 10.5 Å². The molecule has 0 aromatic heterocycles. The lowest BCUT2D eigenvalue weighted by Gasteiger charge is -2.24. The Labute approximate surface area is 151 Å². The zero-order valence-corrected chi connectivity index (χ0v) is 15.1. The van der Waals surface area contributed by atoms with Gasteiger partial charge in [0.2, 0.25) is 0 Å². The fraction of sp³-hybridized carbons (Fsp3) is 0.300. The minimum Gasteiger partial charge on any atom is -0.480 e. The number of carboxylic acids is 1. The second kappa shape index (κ2) is 6.92. The summed E-state index contributed by atoms with van der Waals surface area (Å²) in [7, 11) is 0. The molecule has 25 heavy (non-hydrogen) atoms. The van der Waals surface area contributed by atoms with E-state index >= 15 is 0 Å². The summed E-state index contributed by atoms with van der Waals surface area (Å²) in [5, 5.41) is 9.47. The van der Waals surface area contributed by atoms with Gasteiger partial charge >= 0.3 is 11.9 Å². The molecule has 5 heteroatoms. The maximum atomic E-state index is 12.5. The van der Waals surface area contributed by atoms with Crippen molar-refractivity contribution in [2.45, 2.75) is 42.9 Å². The minimum atomic E-state index is -1.49. The van der Waals surface area contributed by atoms with E-state index in [-0.39, 0.29) is 12.8 Å². The average Bonchev–Trinajstić information content (AvgIpc) is 2.61. The first kappa shape index (κ1) is 17.5. The monoisotopic (exact) mass is 356 g/mol. The van der Waals surface area contributed by atoms with E-state index < -0.39 is 17.4 Å². The number of hydrogen-bond acceptors (Lipinski definition) is 4. The zero-order valence-electron chi connectivity index (χ0n) is 14.2. The average molecular weight is 356 g/mol. The lowest BCUT2D eigenvalue weighted by molar-refractivity contribution is -0.163. The number of esters is 1. The fourth-order valence-electron chi connectivity index (χ4n) is 3.06. The van der Waals surface area contributed by atoms with Gasteiger partial charge in [-0.15, -0.1) is 0 Å². The predicted octanol–water partition coefficient (Wildman–Crippen LogP) is 4.54. The Morgan fingerprint density at radius 1 is 1.08 bits per heavy atom. The first-order valence-electron chi connectivity index (χ1n) is 8.34. The molecule has 0 fully saturated rings. The standard InChI is InChI=1S/C20H20O4S/c1-3-20(4-2,18(21)22)19(23)24-15-9-10-17-14(12-15)11-13-7-5-6-8-16(13)25-17/h5-10,12H,3-4,11H2,1-2H3,(H,21,22). The Hall–Kier alpha value is -2.27. The smallest absolute Gasteiger partial charge is 0.328 e. The molecule has 3 rings (SSSR count). The molecule has 2 aromatic rings.